The summed E-state index contributed by atoms with van der Waals surface area (Å²) >= 11 is 5.71. The molecule has 0 atom stereocenters. The Balaban J connectivity index is 1.39. The molecule has 7 nitrogen and oxygen atoms in total. The summed E-state index contributed by atoms with van der Waals surface area (Å²) in [4.78, 5) is 23.8. The van der Waals surface area contributed by atoms with Gasteiger partial charge in [-0.25, -0.2) is 19.7 Å². The van der Waals surface area contributed by atoms with Crippen LogP contribution in [0.3, 0.4) is 0 Å². The van der Waals surface area contributed by atoms with E-state index in [1.807, 2.05) is 16.7 Å². The quantitative estimate of drug-likeness (QED) is 0.736. The number of carbonyl (C=O) groups excluding carboxylic acids is 1. The van der Waals surface area contributed by atoms with Gasteiger partial charge in [-0.2, -0.15) is 0 Å². The predicted octanol–water partition coefficient (Wildman–Crippen LogP) is 2.94. The fraction of sp³-hybridized carbons (Fsp3) is 0.250. The number of fused-ring (bicyclic) bond motifs is 1. The van der Waals surface area contributed by atoms with Gasteiger partial charge in [-0.05, 0) is 30.4 Å². The number of halogens is 1. The number of imidazole rings is 1. The van der Waals surface area contributed by atoms with Crippen LogP contribution in [0.5, 0.6) is 5.88 Å². The third-order valence-electron chi connectivity index (χ3n) is 3.79. The molecule has 3 aromatic rings. The largest absolute Gasteiger partial charge is 0.414 e. The first-order valence-corrected chi connectivity index (χ1v) is 7.96. The van der Waals surface area contributed by atoms with E-state index in [1.54, 1.807) is 0 Å². The molecule has 4 rings (SSSR count). The first-order valence-electron chi connectivity index (χ1n) is 7.58. The number of nitrogens with one attached hydrogen (secondary N) is 1. The smallest absolute Gasteiger partial charge is 0.391 e. The van der Waals surface area contributed by atoms with E-state index in [9.17, 15) is 4.79 Å². The van der Waals surface area contributed by atoms with E-state index in [0.717, 1.165) is 11.3 Å². The maximum atomic E-state index is 11.8. The van der Waals surface area contributed by atoms with E-state index in [1.165, 1.54) is 30.8 Å². The van der Waals surface area contributed by atoms with E-state index < -0.39 is 6.09 Å². The third kappa shape index (κ3) is 3.30. The van der Waals surface area contributed by atoms with E-state index >= 15 is 0 Å². The van der Waals surface area contributed by atoms with Crippen LogP contribution in [-0.2, 0) is 6.54 Å². The Morgan fingerprint density at radius 3 is 3.00 bits per heavy atom. The molecule has 1 fully saturated rings. The topological polar surface area (TPSA) is 81.4 Å². The molecule has 1 N–H and O–H groups in total. The summed E-state index contributed by atoms with van der Waals surface area (Å²) < 4.78 is 7.02. The number of hydrogen-bond donors (Lipinski definition) is 1. The van der Waals surface area contributed by atoms with Crippen molar-refractivity contribution in [2.24, 2.45) is 0 Å². The molecule has 1 aliphatic carbocycles. The van der Waals surface area contributed by atoms with Gasteiger partial charge in [-0.3, -0.25) is 0 Å². The number of carbonyl (C=O) groups is 1. The van der Waals surface area contributed by atoms with Crippen molar-refractivity contribution in [2.45, 2.75) is 25.3 Å². The normalized spacial score (nSPS) is 13.9. The lowest BCUT2D eigenvalue weighted by atomic mass is 10.2. The number of amides is 1. The molecule has 0 aromatic carbocycles. The predicted molar refractivity (Wildman–Crippen MR) is 87.1 cm³/mol. The lowest BCUT2D eigenvalue weighted by Gasteiger charge is -2.04. The highest BCUT2D eigenvalue weighted by Crippen LogP contribution is 2.39. The van der Waals surface area contributed by atoms with Crippen LogP contribution in [0.1, 0.15) is 30.0 Å². The van der Waals surface area contributed by atoms with Crippen LogP contribution in [0.15, 0.2) is 36.9 Å². The van der Waals surface area contributed by atoms with E-state index in [-0.39, 0.29) is 17.6 Å². The summed E-state index contributed by atoms with van der Waals surface area (Å²) in [5, 5.41) is 2.85. The van der Waals surface area contributed by atoms with Crippen molar-refractivity contribution in [3.8, 4) is 5.88 Å². The molecule has 8 heteroatoms. The number of ether oxygens (including phenoxy) is 1. The van der Waals surface area contributed by atoms with E-state index in [0.29, 0.717) is 5.92 Å². The monoisotopic (exact) mass is 343 g/mol. The van der Waals surface area contributed by atoms with Crippen molar-refractivity contribution in [3.63, 3.8) is 0 Å². The Hall–Kier alpha value is -2.67. The van der Waals surface area contributed by atoms with Gasteiger partial charge in [0, 0.05) is 18.5 Å². The molecule has 0 spiro atoms. The SMILES string of the molecule is O=C(NCc1cn2cc(C3CC3)ccc2n1)Oc1cc(Cl)ncn1. The van der Waals surface area contributed by atoms with Gasteiger partial charge in [0.1, 0.15) is 17.1 Å². The van der Waals surface area contributed by atoms with E-state index in [2.05, 4.69) is 32.5 Å². The van der Waals surface area contributed by atoms with Crippen molar-refractivity contribution in [1.82, 2.24) is 24.7 Å². The third-order valence-corrected chi connectivity index (χ3v) is 4.00. The van der Waals surface area contributed by atoms with Crippen LogP contribution in [-0.4, -0.2) is 25.4 Å². The summed E-state index contributed by atoms with van der Waals surface area (Å²) in [6, 6.07) is 5.48. The molecule has 1 amide bonds. The minimum Gasteiger partial charge on any atom is -0.391 e. The standard InChI is InChI=1S/C16H14ClN5O2/c17-13-5-15(20-9-19-13)24-16(23)18-6-12-8-22-7-11(10-1-2-10)3-4-14(22)21-12/h3-5,7-10H,1-2,6H2,(H,18,23). The van der Waals surface area contributed by atoms with Gasteiger partial charge < -0.3 is 14.5 Å². The van der Waals surface area contributed by atoms with Gasteiger partial charge in [0.05, 0.1) is 12.2 Å². The number of rotatable bonds is 4. The molecule has 0 unspecified atom stereocenters. The summed E-state index contributed by atoms with van der Waals surface area (Å²) in [6.45, 7) is 0.262. The van der Waals surface area contributed by atoms with Crippen molar-refractivity contribution >= 4 is 23.3 Å². The summed E-state index contributed by atoms with van der Waals surface area (Å²) in [7, 11) is 0. The van der Waals surface area contributed by atoms with Gasteiger partial charge >= 0.3 is 6.09 Å². The summed E-state index contributed by atoms with van der Waals surface area (Å²) in [6.07, 6.45) is 7.12. The van der Waals surface area contributed by atoms with Crippen molar-refractivity contribution < 1.29 is 9.53 Å². The Morgan fingerprint density at radius 1 is 1.33 bits per heavy atom. The second-order valence-corrected chi connectivity index (χ2v) is 6.04. The molecule has 0 bridgehead atoms. The Morgan fingerprint density at radius 2 is 2.21 bits per heavy atom. The van der Waals surface area contributed by atoms with Crippen LogP contribution in [0.4, 0.5) is 4.79 Å². The molecule has 122 valence electrons. The minimum atomic E-state index is -0.625. The lowest BCUT2D eigenvalue weighted by molar-refractivity contribution is 0.198. The van der Waals surface area contributed by atoms with Crippen molar-refractivity contribution in [3.05, 3.63) is 53.3 Å². The molecule has 0 aliphatic heterocycles. The number of nitrogens with zero attached hydrogens (tertiary/aromatic N) is 4. The fourth-order valence-corrected chi connectivity index (χ4v) is 2.61. The summed E-state index contributed by atoms with van der Waals surface area (Å²) in [5.41, 5.74) is 2.94. The molecule has 0 saturated heterocycles. The molecule has 0 radical (unpaired) electrons. The van der Waals surface area contributed by atoms with Crippen molar-refractivity contribution in [2.75, 3.05) is 0 Å². The molecule has 3 heterocycles. The Bertz CT molecular complexity index is 906. The summed E-state index contributed by atoms with van der Waals surface area (Å²) in [5.74, 6) is 0.782. The minimum absolute atomic E-state index is 0.0941. The molecule has 3 aromatic heterocycles. The van der Waals surface area contributed by atoms with Crippen LogP contribution < -0.4 is 10.1 Å². The Labute approximate surface area is 142 Å². The number of pyridine rings is 1. The highest BCUT2D eigenvalue weighted by atomic mass is 35.5. The van der Waals surface area contributed by atoms with Crippen molar-refractivity contribution in [1.29, 1.82) is 0 Å². The maximum absolute atomic E-state index is 11.8. The second kappa shape index (κ2) is 6.09. The van der Waals surface area contributed by atoms with Gasteiger partial charge in [0.25, 0.3) is 0 Å². The molecular weight excluding hydrogens is 330 g/mol. The first kappa shape index (κ1) is 14.9. The molecule has 1 aliphatic rings. The number of hydrogen-bond acceptors (Lipinski definition) is 5. The van der Waals surface area contributed by atoms with Gasteiger partial charge in [0.2, 0.25) is 5.88 Å². The molecular formula is C16H14ClN5O2. The zero-order valence-corrected chi connectivity index (χ0v) is 13.4. The lowest BCUT2D eigenvalue weighted by Crippen LogP contribution is -2.26. The van der Waals surface area contributed by atoms with Crippen LogP contribution in [0.25, 0.3) is 5.65 Å². The zero-order chi connectivity index (χ0) is 16.5. The second-order valence-electron chi connectivity index (χ2n) is 5.66. The number of aromatic nitrogens is 4. The average molecular weight is 344 g/mol. The average Bonchev–Trinajstić information content (AvgIpc) is 3.32. The molecule has 1 saturated carbocycles. The molecule has 24 heavy (non-hydrogen) atoms. The van der Waals surface area contributed by atoms with Gasteiger partial charge in [0.15, 0.2) is 0 Å². The maximum Gasteiger partial charge on any atom is 0.414 e. The van der Waals surface area contributed by atoms with Gasteiger partial charge in [-0.1, -0.05) is 17.7 Å². The Kier molecular flexibility index (Phi) is 3.78. The van der Waals surface area contributed by atoms with Crippen LogP contribution >= 0.6 is 11.6 Å². The van der Waals surface area contributed by atoms with Gasteiger partial charge in [-0.15, -0.1) is 0 Å². The van der Waals surface area contributed by atoms with Crippen LogP contribution in [0, 0.1) is 0 Å². The fourth-order valence-electron chi connectivity index (χ4n) is 2.47. The highest BCUT2D eigenvalue weighted by molar-refractivity contribution is 6.29. The highest BCUT2D eigenvalue weighted by Gasteiger charge is 2.23. The van der Waals surface area contributed by atoms with E-state index in [4.69, 9.17) is 16.3 Å². The van der Waals surface area contributed by atoms with Crippen LogP contribution in [0.2, 0.25) is 5.15 Å². The zero-order valence-electron chi connectivity index (χ0n) is 12.6. The first-order chi connectivity index (χ1) is 11.7.